The summed E-state index contributed by atoms with van der Waals surface area (Å²) in [6, 6.07) is 10.1. The van der Waals surface area contributed by atoms with Crippen LogP contribution in [0.4, 0.5) is 5.69 Å². The highest BCUT2D eigenvalue weighted by Gasteiger charge is 2.22. The number of nitrogens with one attached hydrogen (secondary N) is 2. The van der Waals surface area contributed by atoms with Crippen LogP contribution in [0.15, 0.2) is 47.4 Å². The molecule has 0 aliphatic rings. The molecule has 0 saturated heterocycles. The molecule has 0 aliphatic heterocycles. The zero-order valence-corrected chi connectivity index (χ0v) is 12.7. The number of pyridine rings is 1. The quantitative estimate of drug-likeness (QED) is 0.573. The molecule has 0 radical (unpaired) electrons. The van der Waals surface area contributed by atoms with Gasteiger partial charge in [0.05, 0.1) is 11.3 Å². The van der Waals surface area contributed by atoms with E-state index in [0.29, 0.717) is 22.3 Å². The van der Waals surface area contributed by atoms with Crippen LogP contribution in [-0.2, 0) is 11.8 Å². The van der Waals surface area contributed by atoms with E-state index in [1.807, 2.05) is 18.2 Å². The van der Waals surface area contributed by atoms with E-state index in [9.17, 15) is 14.4 Å². The number of aromatic amines is 1. The number of hydrogen-bond donors (Lipinski definition) is 2. The van der Waals surface area contributed by atoms with Gasteiger partial charge in [0.25, 0.3) is 11.7 Å². The highest BCUT2D eigenvalue weighted by molar-refractivity contribution is 6.48. The number of amides is 1. The Bertz CT molecular complexity index is 982. The van der Waals surface area contributed by atoms with Crippen LogP contribution in [0.3, 0.4) is 0 Å². The maximum absolute atomic E-state index is 12.5. The van der Waals surface area contributed by atoms with Crippen molar-refractivity contribution in [2.24, 2.45) is 7.05 Å². The monoisotopic (exact) mass is 309 g/mol. The Balaban J connectivity index is 1.92. The molecular weight excluding hydrogens is 294 g/mol. The first-order valence-electron chi connectivity index (χ1n) is 7.07. The first-order chi connectivity index (χ1) is 11.0. The van der Waals surface area contributed by atoms with Crippen LogP contribution < -0.4 is 10.9 Å². The molecule has 3 aromatic rings. The van der Waals surface area contributed by atoms with E-state index in [0.717, 1.165) is 5.52 Å². The number of H-pyrrole nitrogens is 1. The molecule has 3 rings (SSSR count). The van der Waals surface area contributed by atoms with Gasteiger partial charge in [0.1, 0.15) is 0 Å². The first-order valence-corrected chi connectivity index (χ1v) is 7.07. The summed E-state index contributed by atoms with van der Waals surface area (Å²) >= 11 is 0. The Morgan fingerprint density at radius 3 is 2.61 bits per heavy atom. The van der Waals surface area contributed by atoms with Gasteiger partial charge in [0.15, 0.2) is 0 Å². The Labute approximate surface area is 131 Å². The van der Waals surface area contributed by atoms with E-state index in [1.165, 1.54) is 22.9 Å². The van der Waals surface area contributed by atoms with Gasteiger partial charge in [-0.05, 0) is 19.1 Å². The number of para-hydroxylation sites is 1. The highest BCUT2D eigenvalue weighted by Crippen LogP contribution is 2.22. The van der Waals surface area contributed by atoms with Gasteiger partial charge >= 0.3 is 0 Å². The molecule has 0 saturated carbocycles. The molecule has 0 aliphatic carbocycles. The smallest absolute Gasteiger partial charge is 0.296 e. The van der Waals surface area contributed by atoms with E-state index in [2.05, 4.69) is 10.3 Å². The summed E-state index contributed by atoms with van der Waals surface area (Å²) in [6.07, 6.45) is 1.47. The lowest BCUT2D eigenvalue weighted by atomic mass is 10.1. The van der Waals surface area contributed by atoms with Crippen molar-refractivity contribution in [2.45, 2.75) is 6.92 Å². The largest absolute Gasteiger partial charge is 0.358 e. The van der Waals surface area contributed by atoms with Crippen LogP contribution in [0, 0.1) is 6.92 Å². The Morgan fingerprint density at radius 2 is 1.87 bits per heavy atom. The minimum atomic E-state index is -0.739. The van der Waals surface area contributed by atoms with E-state index in [1.54, 1.807) is 20.0 Å². The molecule has 0 spiro atoms. The lowest BCUT2D eigenvalue weighted by molar-refractivity contribution is -0.112. The fourth-order valence-electron chi connectivity index (χ4n) is 2.54. The van der Waals surface area contributed by atoms with Crippen LogP contribution in [-0.4, -0.2) is 21.2 Å². The predicted molar refractivity (Wildman–Crippen MR) is 87.7 cm³/mol. The van der Waals surface area contributed by atoms with Gasteiger partial charge in [-0.3, -0.25) is 14.4 Å². The molecule has 2 aromatic heterocycles. The molecule has 6 heteroatoms. The van der Waals surface area contributed by atoms with Gasteiger partial charge in [-0.2, -0.15) is 0 Å². The molecular formula is C17H15N3O3. The van der Waals surface area contributed by atoms with Gasteiger partial charge in [0, 0.05) is 35.9 Å². The summed E-state index contributed by atoms with van der Waals surface area (Å²) in [4.78, 5) is 39.2. The molecule has 1 aromatic carbocycles. The normalized spacial score (nSPS) is 10.7. The number of benzene rings is 1. The van der Waals surface area contributed by atoms with Crippen molar-refractivity contribution in [3.63, 3.8) is 0 Å². The molecule has 23 heavy (non-hydrogen) atoms. The minimum absolute atomic E-state index is 0.193. The zero-order valence-electron chi connectivity index (χ0n) is 12.7. The third kappa shape index (κ3) is 2.66. The molecule has 6 nitrogen and oxygen atoms in total. The van der Waals surface area contributed by atoms with Crippen molar-refractivity contribution in [3.05, 3.63) is 64.2 Å². The second-order valence-corrected chi connectivity index (χ2v) is 5.32. The topological polar surface area (TPSA) is 84.0 Å². The van der Waals surface area contributed by atoms with Gasteiger partial charge in [-0.1, -0.05) is 18.2 Å². The van der Waals surface area contributed by atoms with Crippen LogP contribution in [0.2, 0.25) is 0 Å². The molecule has 0 unspecified atom stereocenters. The zero-order chi connectivity index (χ0) is 16.6. The van der Waals surface area contributed by atoms with Crippen molar-refractivity contribution in [2.75, 3.05) is 5.32 Å². The third-order valence-electron chi connectivity index (χ3n) is 3.67. The van der Waals surface area contributed by atoms with Crippen molar-refractivity contribution in [1.82, 2.24) is 9.55 Å². The number of nitrogens with zero attached hydrogens (tertiary/aromatic N) is 1. The predicted octanol–water partition coefficient (Wildman–Crippen LogP) is 2.00. The van der Waals surface area contributed by atoms with Crippen LogP contribution in [0.5, 0.6) is 0 Å². The van der Waals surface area contributed by atoms with E-state index in [4.69, 9.17) is 0 Å². The molecule has 1 amide bonds. The average Bonchev–Trinajstić information content (AvgIpc) is 2.86. The fraction of sp³-hybridized carbons (Fsp3) is 0.118. The Kier molecular flexibility index (Phi) is 3.57. The lowest BCUT2D eigenvalue weighted by Gasteiger charge is -2.06. The maximum Gasteiger partial charge on any atom is 0.296 e. The number of aryl methyl sites for hydroxylation is 2. The summed E-state index contributed by atoms with van der Waals surface area (Å²) in [7, 11) is 1.57. The number of rotatable bonds is 3. The maximum atomic E-state index is 12.5. The summed E-state index contributed by atoms with van der Waals surface area (Å²) < 4.78 is 1.33. The van der Waals surface area contributed by atoms with Crippen LogP contribution in [0.1, 0.15) is 16.1 Å². The van der Waals surface area contributed by atoms with E-state index in [-0.39, 0.29) is 5.56 Å². The molecule has 2 N–H and O–H groups in total. The molecule has 2 heterocycles. The van der Waals surface area contributed by atoms with Gasteiger partial charge < -0.3 is 14.9 Å². The van der Waals surface area contributed by atoms with Crippen molar-refractivity contribution in [1.29, 1.82) is 0 Å². The minimum Gasteiger partial charge on any atom is -0.358 e. The van der Waals surface area contributed by atoms with Crippen LogP contribution >= 0.6 is 0 Å². The van der Waals surface area contributed by atoms with Gasteiger partial charge in [0.2, 0.25) is 5.56 Å². The van der Waals surface area contributed by atoms with Gasteiger partial charge in [-0.15, -0.1) is 0 Å². The number of anilines is 1. The summed E-state index contributed by atoms with van der Waals surface area (Å²) in [5.74, 6) is -1.36. The number of aromatic nitrogens is 2. The number of Topliss-reactive ketones (excluding diaryl/α,β-unsaturated/α-hetero) is 1. The number of ketones is 1. The van der Waals surface area contributed by atoms with E-state index < -0.39 is 11.7 Å². The molecule has 0 bridgehead atoms. The summed E-state index contributed by atoms with van der Waals surface area (Å²) in [5.41, 5.74) is 2.02. The van der Waals surface area contributed by atoms with Crippen LogP contribution in [0.25, 0.3) is 10.9 Å². The second-order valence-electron chi connectivity index (χ2n) is 5.32. The lowest BCUT2D eigenvalue weighted by Crippen LogP contribution is -2.24. The number of fused-ring (bicyclic) bond motifs is 1. The number of carbonyl (C=O) groups excluding carboxylic acids is 2. The van der Waals surface area contributed by atoms with Crippen molar-refractivity contribution < 1.29 is 9.59 Å². The van der Waals surface area contributed by atoms with Crippen molar-refractivity contribution in [3.8, 4) is 0 Å². The average molecular weight is 309 g/mol. The molecule has 0 fully saturated rings. The Morgan fingerprint density at radius 1 is 1.13 bits per heavy atom. The number of hydrogen-bond acceptors (Lipinski definition) is 3. The fourth-order valence-corrected chi connectivity index (χ4v) is 2.54. The van der Waals surface area contributed by atoms with Gasteiger partial charge in [-0.25, -0.2) is 0 Å². The molecule has 0 atom stereocenters. The standard InChI is InChI=1S/C17H15N3O3/c1-10-15(12-5-3-4-6-13(12)18-10)16(22)17(23)19-11-7-8-14(21)20(2)9-11/h3-9,18H,1-2H3,(H,19,23). The van der Waals surface area contributed by atoms with Crippen molar-refractivity contribution >= 4 is 28.3 Å². The first kappa shape index (κ1) is 14.8. The Hall–Kier alpha value is -3.15. The second kappa shape index (κ2) is 5.57. The van der Waals surface area contributed by atoms with E-state index >= 15 is 0 Å². The summed E-state index contributed by atoms with van der Waals surface area (Å²) in [6.45, 7) is 1.76. The number of carbonyl (C=O) groups is 2. The SMILES string of the molecule is Cc1[nH]c2ccccc2c1C(=O)C(=O)Nc1ccc(=O)n(C)c1. The molecule has 116 valence electrons. The highest BCUT2D eigenvalue weighted by atomic mass is 16.2. The third-order valence-corrected chi connectivity index (χ3v) is 3.67. The summed E-state index contributed by atoms with van der Waals surface area (Å²) in [5, 5.41) is 3.24.